The first-order valence-corrected chi connectivity index (χ1v) is 15.8. The van der Waals surface area contributed by atoms with Gasteiger partial charge in [-0.25, -0.2) is 0 Å². The van der Waals surface area contributed by atoms with Gasteiger partial charge in [0, 0.05) is 63.1 Å². The number of nitrogens with zero attached hydrogens (tertiary/aromatic N) is 3. The molecule has 4 saturated heterocycles. The van der Waals surface area contributed by atoms with Crippen LogP contribution in [-0.2, 0) is 24.5 Å². The van der Waals surface area contributed by atoms with Crippen molar-refractivity contribution in [3.05, 3.63) is 0 Å². The van der Waals surface area contributed by atoms with Crippen molar-refractivity contribution in [2.24, 2.45) is 23.7 Å². The molecule has 0 aromatic carbocycles. The highest BCUT2D eigenvalue weighted by atomic mass is 32.2. The lowest BCUT2D eigenvalue weighted by Gasteiger charge is -2.44. The molecule has 208 valence electrons. The maximum absolute atomic E-state index is 13.6. The number of carbonyl (C=O) groups is 1. The maximum atomic E-state index is 13.6. The number of nitriles is 1. The topological polar surface area (TPSA) is 136 Å². The summed E-state index contributed by atoms with van der Waals surface area (Å²) in [7, 11) is -1.76. The van der Waals surface area contributed by atoms with Crippen molar-refractivity contribution in [2.45, 2.75) is 61.5 Å². The van der Waals surface area contributed by atoms with Crippen LogP contribution in [0.2, 0.25) is 0 Å². The number of hydrogen-bond donors (Lipinski definition) is 3. The van der Waals surface area contributed by atoms with Crippen LogP contribution in [0.25, 0.3) is 0 Å². The lowest BCUT2D eigenvalue weighted by molar-refractivity contribution is -0.131. The molecule has 1 saturated carbocycles. The third-order valence-corrected chi connectivity index (χ3v) is 12.2. The van der Waals surface area contributed by atoms with E-state index in [0.29, 0.717) is 52.0 Å². The van der Waals surface area contributed by atoms with Crippen molar-refractivity contribution < 1.29 is 22.7 Å². The average molecular weight is 557 g/mol. The Kier molecular flexibility index (Phi) is 8.67. The van der Waals surface area contributed by atoms with Crippen molar-refractivity contribution in [3.8, 4) is 6.07 Å². The summed E-state index contributed by atoms with van der Waals surface area (Å²) < 4.78 is 40.3. The molecule has 1 aliphatic carbocycles. The van der Waals surface area contributed by atoms with E-state index in [-0.39, 0.29) is 52.5 Å². The fraction of sp³-hybridized carbons (Fsp3) is 0.917. The zero-order valence-corrected chi connectivity index (χ0v) is 23.3. The maximum Gasteiger partial charge on any atom is 0.282 e. The average Bonchev–Trinajstić information content (AvgIpc) is 3.48. The normalized spacial score (nSPS) is 41.7. The van der Waals surface area contributed by atoms with Crippen LogP contribution in [0.5, 0.6) is 0 Å². The van der Waals surface area contributed by atoms with Crippen LogP contribution >= 0.6 is 11.8 Å². The second-order valence-corrected chi connectivity index (χ2v) is 14.3. The van der Waals surface area contributed by atoms with Gasteiger partial charge in [-0.05, 0) is 44.4 Å². The molecule has 4 heterocycles. The van der Waals surface area contributed by atoms with Gasteiger partial charge in [0.2, 0.25) is 5.91 Å². The zero-order chi connectivity index (χ0) is 26.2. The van der Waals surface area contributed by atoms with E-state index in [1.54, 1.807) is 23.2 Å². The molecule has 0 aromatic heterocycles. The molecular formula is C24H40N6O5S2. The largest absolute Gasteiger partial charge is 0.381 e. The summed E-state index contributed by atoms with van der Waals surface area (Å²) in [5.41, 5.74) is -0.243. The predicted molar refractivity (Wildman–Crippen MR) is 139 cm³/mol. The molecule has 5 fully saturated rings. The summed E-state index contributed by atoms with van der Waals surface area (Å²) in [5, 5.41) is 19.8. The van der Waals surface area contributed by atoms with Crippen LogP contribution in [0.4, 0.5) is 0 Å². The molecule has 9 atom stereocenters. The molecule has 1 amide bonds. The number of rotatable bonds is 6. The lowest BCUT2D eigenvalue weighted by atomic mass is 9.66. The minimum atomic E-state index is -3.50. The van der Waals surface area contributed by atoms with E-state index in [0.717, 1.165) is 25.7 Å². The molecule has 5 rings (SSSR count). The first-order valence-electron chi connectivity index (χ1n) is 13.5. The first-order chi connectivity index (χ1) is 17.8. The Morgan fingerprint density at radius 1 is 1.16 bits per heavy atom. The number of morpholine rings is 1. The molecule has 11 nitrogen and oxygen atoms in total. The minimum absolute atomic E-state index is 0.000909. The third kappa shape index (κ3) is 5.82. The monoisotopic (exact) mass is 556 g/mol. The molecule has 9 unspecified atom stereocenters. The summed E-state index contributed by atoms with van der Waals surface area (Å²) in [6, 6.07) is 2.76. The van der Waals surface area contributed by atoms with Gasteiger partial charge < -0.3 is 20.1 Å². The van der Waals surface area contributed by atoms with Crippen molar-refractivity contribution >= 4 is 27.9 Å². The van der Waals surface area contributed by atoms with E-state index < -0.39 is 10.2 Å². The molecule has 0 spiro atoms. The van der Waals surface area contributed by atoms with Crippen LogP contribution < -0.4 is 16.0 Å². The third-order valence-electron chi connectivity index (χ3n) is 8.84. The Morgan fingerprint density at radius 2 is 1.95 bits per heavy atom. The van der Waals surface area contributed by atoms with Gasteiger partial charge in [0.15, 0.2) is 0 Å². The Balaban J connectivity index is 1.19. The number of amides is 1. The number of fused-ring (bicyclic) bond motifs is 1. The van der Waals surface area contributed by atoms with Gasteiger partial charge in [0.05, 0.1) is 31.3 Å². The number of carbonyl (C=O) groups excluding carboxylic acids is 1. The number of methoxy groups -OCH3 is 1. The highest BCUT2D eigenvalue weighted by Crippen LogP contribution is 2.42. The van der Waals surface area contributed by atoms with E-state index in [9.17, 15) is 18.5 Å². The predicted octanol–water partition coefficient (Wildman–Crippen LogP) is -0.0785. The van der Waals surface area contributed by atoms with Gasteiger partial charge in [0.25, 0.3) is 10.2 Å². The Bertz CT molecular complexity index is 959. The smallest absolute Gasteiger partial charge is 0.282 e. The molecule has 0 bridgehead atoms. The Labute approximate surface area is 224 Å². The molecule has 13 heteroatoms. The van der Waals surface area contributed by atoms with Crippen LogP contribution in [0.1, 0.15) is 32.6 Å². The van der Waals surface area contributed by atoms with E-state index in [2.05, 4.69) is 28.9 Å². The van der Waals surface area contributed by atoms with Crippen LogP contribution in [-0.4, -0.2) is 105 Å². The molecule has 5 aliphatic rings. The molecule has 4 aliphatic heterocycles. The van der Waals surface area contributed by atoms with Gasteiger partial charge in [-0.1, -0.05) is 0 Å². The second-order valence-electron chi connectivity index (χ2n) is 11.1. The van der Waals surface area contributed by atoms with Gasteiger partial charge in [-0.3, -0.25) is 10.1 Å². The van der Waals surface area contributed by atoms with Crippen molar-refractivity contribution in [3.63, 3.8) is 0 Å². The molecule has 37 heavy (non-hydrogen) atoms. The van der Waals surface area contributed by atoms with E-state index in [4.69, 9.17) is 9.47 Å². The van der Waals surface area contributed by atoms with E-state index >= 15 is 0 Å². The Hall–Kier alpha value is -0.980. The SMILES string of the molecule is COC1CCC(C#N)CC1C1CC(C)NCC1C(=O)NC1NC2CN(S(=O)(=O)N3CCOCC3)CC2S1. The fourth-order valence-electron chi connectivity index (χ4n) is 6.82. The van der Waals surface area contributed by atoms with Crippen LogP contribution in [0, 0.1) is 35.0 Å². The van der Waals surface area contributed by atoms with Crippen LogP contribution in [0.15, 0.2) is 0 Å². The van der Waals surface area contributed by atoms with Crippen molar-refractivity contribution in [1.29, 1.82) is 5.26 Å². The van der Waals surface area contributed by atoms with Gasteiger partial charge in [0.1, 0.15) is 5.50 Å². The number of hydrogen-bond acceptors (Lipinski definition) is 9. The number of thioether (sulfide) groups is 1. The minimum Gasteiger partial charge on any atom is -0.381 e. The highest BCUT2D eigenvalue weighted by molar-refractivity contribution is 8.00. The summed E-state index contributed by atoms with van der Waals surface area (Å²) in [5.74, 6) is 0.176. The molecule has 0 radical (unpaired) electrons. The molecular weight excluding hydrogens is 516 g/mol. The number of ether oxygens (including phenoxy) is 2. The summed E-state index contributed by atoms with van der Waals surface area (Å²) in [6.45, 7) is 5.25. The lowest BCUT2D eigenvalue weighted by Crippen LogP contribution is -2.55. The highest BCUT2D eigenvalue weighted by Gasteiger charge is 2.48. The van der Waals surface area contributed by atoms with E-state index in [1.807, 2.05) is 0 Å². The quantitative estimate of drug-likeness (QED) is 0.410. The number of nitrogens with one attached hydrogen (secondary N) is 3. The first kappa shape index (κ1) is 27.6. The number of piperidine rings is 1. The van der Waals surface area contributed by atoms with Gasteiger partial charge in [-0.2, -0.15) is 22.3 Å². The summed E-state index contributed by atoms with van der Waals surface area (Å²) >= 11 is 1.61. The summed E-state index contributed by atoms with van der Waals surface area (Å²) in [6.07, 6.45) is 3.45. The fourth-order valence-corrected chi connectivity index (χ4v) is 9.96. The van der Waals surface area contributed by atoms with Gasteiger partial charge in [-0.15, -0.1) is 11.8 Å². The summed E-state index contributed by atoms with van der Waals surface area (Å²) in [4.78, 5) is 13.6. The van der Waals surface area contributed by atoms with Crippen molar-refractivity contribution in [1.82, 2.24) is 24.6 Å². The van der Waals surface area contributed by atoms with Gasteiger partial charge >= 0.3 is 0 Å². The molecule has 3 N–H and O–H groups in total. The molecule has 0 aromatic rings. The Morgan fingerprint density at radius 3 is 2.65 bits per heavy atom. The van der Waals surface area contributed by atoms with Crippen molar-refractivity contribution in [2.75, 3.05) is 53.0 Å². The second kappa shape index (κ2) is 11.6. The van der Waals surface area contributed by atoms with Crippen LogP contribution in [0.3, 0.4) is 0 Å². The van der Waals surface area contributed by atoms with E-state index in [1.165, 1.54) is 4.31 Å². The zero-order valence-electron chi connectivity index (χ0n) is 21.7. The standard InChI is InChI=1S/C24H40N6O5S2/c1-15-9-17(18-10-16(11-25)3-4-21(18)34-2)19(12-26-15)23(31)28-24-27-20-13-30(14-22(20)36-24)37(32,33)29-5-7-35-8-6-29/h15-22,24,26-27H,3-10,12-14H2,1-2H3,(H,28,31).